The van der Waals surface area contributed by atoms with E-state index in [9.17, 15) is 27.9 Å². The first-order valence-electron chi connectivity index (χ1n) is 8.84. The minimum Gasteiger partial charge on any atom is -0.387 e. The Morgan fingerprint density at radius 1 is 1.10 bits per heavy atom. The number of halogens is 4. The Balaban J connectivity index is 1.81. The molecule has 1 aliphatic heterocycles. The molecule has 154 valence electrons. The first kappa shape index (κ1) is 21.1. The van der Waals surface area contributed by atoms with Crippen LogP contribution in [0.25, 0.3) is 0 Å². The van der Waals surface area contributed by atoms with Gasteiger partial charge in [-0.2, -0.15) is 13.2 Å². The van der Waals surface area contributed by atoms with Crippen LogP contribution in [0, 0.1) is 0 Å². The fourth-order valence-corrected chi connectivity index (χ4v) is 3.46. The molecule has 2 unspecified atom stereocenters. The highest BCUT2D eigenvalue weighted by Gasteiger charge is 2.51. The smallest absolute Gasteiger partial charge is 0.387 e. The van der Waals surface area contributed by atoms with Gasteiger partial charge in [-0.25, -0.2) is 4.79 Å². The molecule has 1 fully saturated rings. The zero-order valence-corrected chi connectivity index (χ0v) is 16.1. The van der Waals surface area contributed by atoms with Gasteiger partial charge in [0.15, 0.2) is 0 Å². The van der Waals surface area contributed by atoms with Gasteiger partial charge < -0.3 is 10.4 Å². The van der Waals surface area contributed by atoms with E-state index in [4.69, 9.17) is 11.6 Å². The van der Waals surface area contributed by atoms with Gasteiger partial charge in [-0.05, 0) is 41.8 Å². The molecule has 3 amide bonds. The van der Waals surface area contributed by atoms with Gasteiger partial charge in [-0.15, -0.1) is 0 Å². The molecule has 0 aliphatic carbocycles. The summed E-state index contributed by atoms with van der Waals surface area (Å²) in [7, 11) is 0. The molecule has 9 heteroatoms. The van der Waals surface area contributed by atoms with Crippen LogP contribution in [0.5, 0.6) is 0 Å². The number of imide groups is 1. The number of alkyl halides is 3. The van der Waals surface area contributed by atoms with Crippen molar-refractivity contribution in [3.8, 4) is 0 Å². The lowest BCUT2D eigenvalue weighted by Crippen LogP contribution is -2.43. The second kappa shape index (κ2) is 7.68. The number of benzene rings is 2. The lowest BCUT2D eigenvalue weighted by atomic mass is 9.87. The molecule has 2 atom stereocenters. The highest BCUT2D eigenvalue weighted by atomic mass is 35.5. The molecule has 5 nitrogen and oxygen atoms in total. The molecule has 2 N–H and O–H groups in total. The van der Waals surface area contributed by atoms with Crippen molar-refractivity contribution in [3.05, 3.63) is 70.2 Å². The van der Waals surface area contributed by atoms with E-state index < -0.39 is 35.3 Å². The Bertz CT molecular complexity index is 916. The number of β-amino-alcohol motifs (C(OH)–C–C–N with tert-alkyl or cyclic N) is 1. The van der Waals surface area contributed by atoms with Crippen molar-refractivity contribution in [1.82, 2.24) is 10.2 Å². The lowest BCUT2D eigenvalue weighted by Gasteiger charge is -2.26. The van der Waals surface area contributed by atoms with E-state index >= 15 is 0 Å². The zero-order chi connectivity index (χ0) is 21.4. The van der Waals surface area contributed by atoms with E-state index in [2.05, 4.69) is 5.32 Å². The van der Waals surface area contributed by atoms with Crippen LogP contribution in [0.15, 0.2) is 48.5 Å². The monoisotopic (exact) mass is 426 g/mol. The lowest BCUT2D eigenvalue weighted by molar-refractivity contribution is -0.137. The van der Waals surface area contributed by atoms with Crippen LogP contribution in [0.3, 0.4) is 0 Å². The van der Waals surface area contributed by atoms with Gasteiger partial charge in [0, 0.05) is 5.02 Å². The minimum absolute atomic E-state index is 0.166. The Morgan fingerprint density at radius 3 is 2.21 bits per heavy atom. The molecule has 0 spiro atoms. The van der Waals surface area contributed by atoms with Crippen molar-refractivity contribution in [2.75, 3.05) is 6.54 Å². The van der Waals surface area contributed by atoms with Crippen molar-refractivity contribution in [2.24, 2.45) is 0 Å². The van der Waals surface area contributed by atoms with Gasteiger partial charge >= 0.3 is 12.2 Å². The quantitative estimate of drug-likeness (QED) is 0.702. The number of hydrogen-bond acceptors (Lipinski definition) is 3. The average molecular weight is 427 g/mol. The molecule has 1 heterocycles. The number of aliphatic hydroxyl groups is 1. The summed E-state index contributed by atoms with van der Waals surface area (Å²) < 4.78 is 38.1. The number of rotatable bonds is 5. The summed E-state index contributed by atoms with van der Waals surface area (Å²) in [4.78, 5) is 26.4. The number of carbonyl (C=O) groups excluding carboxylic acids is 2. The maximum atomic E-state index is 13.1. The summed E-state index contributed by atoms with van der Waals surface area (Å²) in [6, 6.07) is 9.73. The second-order valence-electron chi connectivity index (χ2n) is 6.75. The standard InChI is InChI=1S/C20H18ClF3N2O3/c1-2-19(13-7-9-15(21)10-8-13)17(28)26(18(29)25-19)11-16(27)12-3-5-14(6-4-12)20(22,23)24/h3-10,16,27H,2,11H2,1H3,(H,25,29). The third-order valence-corrected chi connectivity index (χ3v) is 5.27. The third-order valence-electron chi connectivity index (χ3n) is 5.02. The van der Waals surface area contributed by atoms with E-state index in [1.807, 2.05) is 0 Å². The highest BCUT2D eigenvalue weighted by molar-refractivity contribution is 6.30. The van der Waals surface area contributed by atoms with Crippen LogP contribution in [0.4, 0.5) is 18.0 Å². The molecule has 1 saturated heterocycles. The van der Waals surface area contributed by atoms with Crippen LogP contribution >= 0.6 is 11.6 Å². The fraction of sp³-hybridized carbons (Fsp3) is 0.300. The maximum Gasteiger partial charge on any atom is 0.416 e. The molecular weight excluding hydrogens is 409 g/mol. The number of nitrogens with zero attached hydrogens (tertiary/aromatic N) is 1. The van der Waals surface area contributed by atoms with E-state index in [1.54, 1.807) is 31.2 Å². The van der Waals surface area contributed by atoms with Crippen LogP contribution < -0.4 is 5.32 Å². The van der Waals surface area contributed by atoms with Crippen LogP contribution in [0.2, 0.25) is 5.02 Å². The topological polar surface area (TPSA) is 69.6 Å². The molecule has 29 heavy (non-hydrogen) atoms. The van der Waals surface area contributed by atoms with E-state index in [0.29, 0.717) is 10.6 Å². The maximum absolute atomic E-state index is 13.1. The van der Waals surface area contributed by atoms with Crippen molar-refractivity contribution in [3.63, 3.8) is 0 Å². The molecule has 0 bridgehead atoms. The summed E-state index contributed by atoms with van der Waals surface area (Å²) in [6.07, 6.45) is -5.55. The van der Waals surface area contributed by atoms with Crippen LogP contribution in [-0.4, -0.2) is 28.5 Å². The summed E-state index contributed by atoms with van der Waals surface area (Å²) in [5.74, 6) is -0.543. The van der Waals surface area contributed by atoms with Crippen molar-refractivity contribution >= 4 is 23.5 Å². The number of hydrogen-bond donors (Lipinski definition) is 2. The molecule has 2 aromatic rings. The van der Waals surface area contributed by atoms with Crippen molar-refractivity contribution < 1.29 is 27.9 Å². The van der Waals surface area contributed by atoms with Gasteiger partial charge in [0.05, 0.1) is 18.2 Å². The number of nitrogens with one attached hydrogen (secondary N) is 1. The number of urea groups is 1. The molecule has 2 aromatic carbocycles. The number of carbonyl (C=O) groups is 2. The summed E-state index contributed by atoms with van der Waals surface area (Å²) in [5.41, 5.74) is -1.42. The Morgan fingerprint density at radius 2 is 1.69 bits per heavy atom. The van der Waals surface area contributed by atoms with Crippen molar-refractivity contribution in [2.45, 2.75) is 31.2 Å². The fourth-order valence-electron chi connectivity index (χ4n) is 3.34. The Labute approximate surface area is 170 Å². The Hall–Kier alpha value is -2.58. The van der Waals surface area contributed by atoms with E-state index in [0.717, 1.165) is 29.2 Å². The SMILES string of the molecule is CCC1(c2ccc(Cl)cc2)NC(=O)N(CC(O)c2ccc(C(F)(F)F)cc2)C1=O. The average Bonchev–Trinajstić information content (AvgIpc) is 2.93. The van der Waals surface area contributed by atoms with E-state index in [1.165, 1.54) is 0 Å². The predicted octanol–water partition coefficient (Wildman–Crippen LogP) is 4.25. The van der Waals surface area contributed by atoms with Gasteiger partial charge in [-0.3, -0.25) is 9.69 Å². The van der Waals surface area contributed by atoms with Crippen molar-refractivity contribution in [1.29, 1.82) is 0 Å². The van der Waals surface area contributed by atoms with Gasteiger partial charge in [0.25, 0.3) is 5.91 Å². The summed E-state index contributed by atoms with van der Waals surface area (Å²) >= 11 is 5.89. The van der Waals surface area contributed by atoms with E-state index in [-0.39, 0.29) is 18.5 Å². The van der Waals surface area contributed by atoms with Gasteiger partial charge in [0.1, 0.15) is 5.54 Å². The molecular formula is C20H18ClF3N2O3. The number of amides is 3. The van der Waals surface area contributed by atoms with Gasteiger partial charge in [0.2, 0.25) is 0 Å². The van der Waals surface area contributed by atoms with Gasteiger partial charge in [-0.1, -0.05) is 42.8 Å². The second-order valence-corrected chi connectivity index (χ2v) is 7.18. The molecule has 3 rings (SSSR count). The van der Waals surface area contributed by atoms with Crippen LogP contribution in [-0.2, 0) is 16.5 Å². The van der Waals surface area contributed by atoms with Crippen LogP contribution in [0.1, 0.15) is 36.1 Å². The minimum atomic E-state index is -4.49. The molecule has 0 saturated carbocycles. The highest BCUT2D eigenvalue weighted by Crippen LogP contribution is 2.34. The molecule has 1 aliphatic rings. The first-order chi connectivity index (χ1) is 13.6. The molecule has 0 radical (unpaired) electrons. The zero-order valence-electron chi connectivity index (χ0n) is 15.3. The first-order valence-corrected chi connectivity index (χ1v) is 9.21. The largest absolute Gasteiger partial charge is 0.416 e. The predicted molar refractivity (Wildman–Crippen MR) is 100 cm³/mol. The third kappa shape index (κ3) is 3.95. The summed E-state index contributed by atoms with van der Waals surface area (Å²) in [6.45, 7) is 1.36. The number of aliphatic hydroxyl groups excluding tert-OH is 1. The summed E-state index contributed by atoms with van der Waals surface area (Å²) in [5, 5.41) is 13.5. The normalized spacial score (nSPS) is 20.7. The Kier molecular flexibility index (Phi) is 5.60. The molecule has 0 aromatic heterocycles.